The first kappa shape index (κ1) is 17.7. The van der Waals surface area contributed by atoms with Gasteiger partial charge in [-0.1, -0.05) is 11.6 Å². The van der Waals surface area contributed by atoms with Gasteiger partial charge in [0.2, 0.25) is 0 Å². The highest BCUT2D eigenvalue weighted by atomic mass is 35.5. The number of nitrogens with one attached hydrogen (secondary N) is 1. The van der Waals surface area contributed by atoms with E-state index >= 15 is 0 Å². The van der Waals surface area contributed by atoms with Gasteiger partial charge in [0.25, 0.3) is 11.6 Å². The molecule has 8 nitrogen and oxygen atoms in total. The standard InChI is InChI=1S/C15H16ClN5O3/c1-19-4-6-20(7-5-19)10-11(9-17)15(22)18-12-2-3-13(16)14(8-12)21(23)24/h2-3,8,10H,4-7H2,1H3,(H,18,22)/b11-10-. The molecule has 0 bridgehead atoms. The largest absolute Gasteiger partial charge is 0.374 e. The molecule has 1 N–H and O–H groups in total. The molecule has 2 rings (SSSR count). The molecule has 0 unspecified atom stereocenters. The number of nitriles is 1. The van der Waals surface area contributed by atoms with Crippen molar-refractivity contribution in [3.05, 3.63) is 45.1 Å². The molecule has 0 atom stereocenters. The van der Waals surface area contributed by atoms with Crippen molar-refractivity contribution in [1.82, 2.24) is 9.80 Å². The fourth-order valence-electron chi connectivity index (χ4n) is 2.20. The van der Waals surface area contributed by atoms with Crippen molar-refractivity contribution in [2.24, 2.45) is 0 Å². The number of piperazine rings is 1. The Kier molecular flexibility index (Phi) is 5.73. The van der Waals surface area contributed by atoms with Gasteiger partial charge in [-0.25, -0.2) is 0 Å². The number of nitrogens with zero attached hydrogens (tertiary/aromatic N) is 4. The summed E-state index contributed by atoms with van der Waals surface area (Å²) in [5, 5.41) is 22.5. The van der Waals surface area contributed by atoms with E-state index in [-0.39, 0.29) is 22.0 Å². The molecule has 1 heterocycles. The lowest BCUT2D eigenvalue weighted by Gasteiger charge is -2.31. The average molecular weight is 350 g/mol. The number of carbonyl (C=O) groups is 1. The zero-order valence-corrected chi connectivity index (χ0v) is 13.8. The fourth-order valence-corrected chi connectivity index (χ4v) is 2.39. The van der Waals surface area contributed by atoms with Crippen LogP contribution in [0.4, 0.5) is 11.4 Å². The van der Waals surface area contributed by atoms with Gasteiger partial charge in [-0.05, 0) is 19.2 Å². The van der Waals surface area contributed by atoms with Crippen molar-refractivity contribution in [3.8, 4) is 6.07 Å². The smallest absolute Gasteiger partial charge is 0.289 e. The maximum absolute atomic E-state index is 12.2. The second-order valence-corrected chi connectivity index (χ2v) is 5.78. The Labute approximate surface area is 144 Å². The lowest BCUT2D eigenvalue weighted by atomic mass is 10.2. The van der Waals surface area contributed by atoms with Gasteiger partial charge in [0.1, 0.15) is 16.7 Å². The molecule has 1 aliphatic heterocycles. The van der Waals surface area contributed by atoms with Crippen LogP contribution in [0.3, 0.4) is 0 Å². The second-order valence-electron chi connectivity index (χ2n) is 5.37. The minimum atomic E-state index is -0.636. The zero-order chi connectivity index (χ0) is 17.7. The summed E-state index contributed by atoms with van der Waals surface area (Å²) >= 11 is 5.73. The molecule has 1 saturated heterocycles. The van der Waals surface area contributed by atoms with Gasteiger partial charge >= 0.3 is 0 Å². The third-order valence-electron chi connectivity index (χ3n) is 3.62. The third kappa shape index (κ3) is 4.44. The monoisotopic (exact) mass is 349 g/mol. The lowest BCUT2D eigenvalue weighted by Crippen LogP contribution is -2.42. The summed E-state index contributed by atoms with van der Waals surface area (Å²) in [6.07, 6.45) is 1.52. The number of hydrogen-bond donors (Lipinski definition) is 1. The first-order valence-corrected chi connectivity index (χ1v) is 7.58. The van der Waals surface area contributed by atoms with Crippen molar-refractivity contribution in [3.63, 3.8) is 0 Å². The average Bonchev–Trinajstić information content (AvgIpc) is 2.55. The van der Waals surface area contributed by atoms with Crippen molar-refractivity contribution in [2.75, 3.05) is 38.5 Å². The molecular weight excluding hydrogens is 334 g/mol. The lowest BCUT2D eigenvalue weighted by molar-refractivity contribution is -0.384. The van der Waals surface area contributed by atoms with E-state index in [4.69, 9.17) is 11.6 Å². The Morgan fingerprint density at radius 3 is 2.67 bits per heavy atom. The van der Waals surface area contributed by atoms with Crippen molar-refractivity contribution >= 4 is 28.9 Å². The fraction of sp³-hybridized carbons (Fsp3) is 0.333. The van der Waals surface area contributed by atoms with Gasteiger partial charge in [0.05, 0.1) is 4.92 Å². The summed E-state index contributed by atoms with van der Waals surface area (Å²) in [4.78, 5) is 26.5. The molecule has 24 heavy (non-hydrogen) atoms. The van der Waals surface area contributed by atoms with Gasteiger partial charge in [-0.3, -0.25) is 14.9 Å². The summed E-state index contributed by atoms with van der Waals surface area (Å²) < 4.78 is 0. The molecule has 0 aliphatic carbocycles. The zero-order valence-electron chi connectivity index (χ0n) is 13.0. The van der Waals surface area contributed by atoms with E-state index < -0.39 is 10.8 Å². The van der Waals surface area contributed by atoms with Crippen LogP contribution in [-0.4, -0.2) is 53.9 Å². The highest BCUT2D eigenvalue weighted by molar-refractivity contribution is 6.32. The Balaban J connectivity index is 2.11. The molecule has 9 heteroatoms. The van der Waals surface area contributed by atoms with Crippen LogP contribution in [0.1, 0.15) is 0 Å². The van der Waals surface area contributed by atoms with Crippen molar-refractivity contribution in [2.45, 2.75) is 0 Å². The van der Waals surface area contributed by atoms with E-state index in [1.54, 1.807) is 0 Å². The third-order valence-corrected chi connectivity index (χ3v) is 3.93. The van der Waals surface area contributed by atoms with E-state index in [1.807, 2.05) is 18.0 Å². The van der Waals surface area contributed by atoms with Gasteiger partial charge in [0, 0.05) is 44.1 Å². The number of halogens is 1. The topological polar surface area (TPSA) is 103 Å². The molecule has 126 valence electrons. The molecule has 1 amide bonds. The summed E-state index contributed by atoms with van der Waals surface area (Å²) in [6, 6.07) is 5.79. The minimum Gasteiger partial charge on any atom is -0.374 e. The molecule has 0 radical (unpaired) electrons. The number of carbonyl (C=O) groups excluding carboxylic acids is 1. The molecule has 1 fully saturated rings. The molecule has 1 aliphatic rings. The number of likely N-dealkylation sites (N-methyl/N-ethyl adjacent to an activating group) is 1. The Hall–Kier alpha value is -2.63. The van der Waals surface area contributed by atoms with Crippen LogP contribution in [-0.2, 0) is 4.79 Å². The maximum atomic E-state index is 12.2. The summed E-state index contributed by atoms with van der Waals surface area (Å²) in [5.41, 5.74) is -0.163. The van der Waals surface area contributed by atoms with E-state index in [0.29, 0.717) is 0 Å². The number of benzene rings is 1. The van der Waals surface area contributed by atoms with Gasteiger partial charge < -0.3 is 15.1 Å². The van der Waals surface area contributed by atoms with Gasteiger partial charge in [-0.2, -0.15) is 5.26 Å². The SMILES string of the molecule is CN1CCN(/C=C(/C#N)C(=O)Nc2ccc(Cl)c([N+](=O)[O-])c2)CC1. The van der Waals surface area contributed by atoms with Crippen LogP contribution in [0.25, 0.3) is 0 Å². The normalized spacial score (nSPS) is 15.7. The van der Waals surface area contributed by atoms with E-state index in [9.17, 15) is 20.2 Å². The highest BCUT2D eigenvalue weighted by Gasteiger charge is 2.17. The van der Waals surface area contributed by atoms with Gasteiger partial charge in [0.15, 0.2) is 0 Å². The molecule has 0 saturated carbocycles. The number of amides is 1. The number of nitro benzene ring substituents is 1. The Morgan fingerprint density at radius 1 is 1.42 bits per heavy atom. The van der Waals surface area contributed by atoms with Crippen LogP contribution in [0.2, 0.25) is 5.02 Å². The van der Waals surface area contributed by atoms with Gasteiger partial charge in [-0.15, -0.1) is 0 Å². The summed E-state index contributed by atoms with van der Waals surface area (Å²) in [6.45, 7) is 3.14. The van der Waals surface area contributed by atoms with Crippen molar-refractivity contribution in [1.29, 1.82) is 5.26 Å². The number of anilines is 1. The van der Waals surface area contributed by atoms with Crippen LogP contribution in [0, 0.1) is 21.4 Å². The van der Waals surface area contributed by atoms with Crippen LogP contribution >= 0.6 is 11.6 Å². The van der Waals surface area contributed by atoms with Crippen molar-refractivity contribution < 1.29 is 9.72 Å². The van der Waals surface area contributed by atoms with Crippen LogP contribution in [0.15, 0.2) is 30.0 Å². The Bertz CT molecular complexity index is 720. The summed E-state index contributed by atoms with van der Waals surface area (Å²) in [7, 11) is 2.01. The molecule has 1 aromatic carbocycles. The predicted octanol–water partition coefficient (Wildman–Crippen LogP) is 1.84. The van der Waals surface area contributed by atoms with Crippen LogP contribution < -0.4 is 5.32 Å². The first-order valence-electron chi connectivity index (χ1n) is 7.20. The molecule has 0 spiro atoms. The molecular formula is C15H16ClN5O3. The number of rotatable bonds is 4. The minimum absolute atomic E-state index is 0.0218. The molecule has 1 aromatic rings. The number of hydrogen-bond acceptors (Lipinski definition) is 6. The number of nitro groups is 1. The predicted molar refractivity (Wildman–Crippen MR) is 89.5 cm³/mol. The van der Waals surface area contributed by atoms with E-state index in [0.717, 1.165) is 32.2 Å². The summed E-state index contributed by atoms with van der Waals surface area (Å²) in [5.74, 6) is -0.618. The van der Waals surface area contributed by atoms with E-state index in [2.05, 4.69) is 10.2 Å². The second kappa shape index (κ2) is 7.77. The first-order chi connectivity index (χ1) is 11.4. The van der Waals surface area contributed by atoms with E-state index in [1.165, 1.54) is 18.3 Å². The quantitative estimate of drug-likeness (QED) is 0.385. The van der Waals surface area contributed by atoms with Crippen LogP contribution in [0.5, 0.6) is 0 Å². The maximum Gasteiger partial charge on any atom is 0.289 e. The Morgan fingerprint density at radius 2 is 2.08 bits per heavy atom. The molecule has 0 aromatic heterocycles. The highest BCUT2D eigenvalue weighted by Crippen LogP contribution is 2.27.